The van der Waals surface area contributed by atoms with Crippen molar-refractivity contribution in [3.63, 3.8) is 0 Å². The average Bonchev–Trinajstić information content (AvgIpc) is 3.13. The normalized spacial score (nSPS) is 10.9. The lowest BCUT2D eigenvalue weighted by atomic mass is 10.0. The van der Waals surface area contributed by atoms with Crippen molar-refractivity contribution in [2.75, 3.05) is 5.32 Å². The number of pyridine rings is 1. The Kier molecular flexibility index (Phi) is 4.91. The second kappa shape index (κ2) is 8.03. The van der Waals surface area contributed by atoms with E-state index >= 15 is 0 Å². The summed E-state index contributed by atoms with van der Waals surface area (Å²) in [5.74, 6) is -0.0689. The van der Waals surface area contributed by atoms with Gasteiger partial charge < -0.3 is 0 Å². The summed E-state index contributed by atoms with van der Waals surface area (Å²) < 4.78 is 1.69. The number of amides is 1. The van der Waals surface area contributed by atoms with Gasteiger partial charge in [0.05, 0.1) is 22.3 Å². The molecule has 2 aromatic carbocycles. The zero-order valence-corrected chi connectivity index (χ0v) is 17.6. The molecule has 3 aromatic heterocycles. The molecule has 0 fully saturated rings. The number of rotatable bonds is 4. The minimum absolute atomic E-state index is 0.238. The Morgan fingerprint density at radius 1 is 0.875 bits per heavy atom. The van der Waals surface area contributed by atoms with Crippen LogP contribution in [0.25, 0.3) is 33.4 Å². The van der Waals surface area contributed by atoms with Crippen molar-refractivity contribution in [1.29, 1.82) is 0 Å². The lowest BCUT2D eigenvalue weighted by Gasteiger charge is -2.09. The van der Waals surface area contributed by atoms with Gasteiger partial charge in [-0.2, -0.15) is 5.10 Å². The molecular weight excluding hydrogens is 400 g/mol. The minimum atomic E-state index is -0.307. The third kappa shape index (κ3) is 3.60. The lowest BCUT2D eigenvalue weighted by Crippen LogP contribution is -2.15. The average molecular weight is 420 g/mol. The smallest absolute Gasteiger partial charge is 0.258 e. The Labute approximate surface area is 184 Å². The van der Waals surface area contributed by atoms with Gasteiger partial charge in [0.25, 0.3) is 5.91 Å². The molecule has 0 aliphatic heterocycles. The first-order chi connectivity index (χ1) is 15.6. The van der Waals surface area contributed by atoms with Crippen molar-refractivity contribution in [3.05, 3.63) is 90.4 Å². The van der Waals surface area contributed by atoms with E-state index in [1.807, 2.05) is 74.6 Å². The number of hydrogen-bond donors (Lipinski definition) is 1. The molecule has 0 saturated carbocycles. The minimum Gasteiger partial charge on any atom is -0.290 e. The third-order valence-electron chi connectivity index (χ3n) is 5.27. The van der Waals surface area contributed by atoms with Crippen LogP contribution in [0.4, 0.5) is 5.95 Å². The molecule has 0 atom stereocenters. The molecule has 32 heavy (non-hydrogen) atoms. The standard InChI is InChI=1S/C25H20N6O/c1-16-22-20(13-21(18-11-7-4-8-12-18)28-23(22)31(2)30-16)24(32)29-25-26-14-19(15-27-25)17-9-5-3-6-10-17/h3-15H,1-2H3,(H,26,27,29,32). The number of carbonyl (C=O) groups excluding carboxylic acids is 1. The number of fused-ring (bicyclic) bond motifs is 1. The van der Waals surface area contributed by atoms with Crippen molar-refractivity contribution in [3.8, 4) is 22.4 Å². The fourth-order valence-corrected chi connectivity index (χ4v) is 3.72. The van der Waals surface area contributed by atoms with Crippen LogP contribution in [0.15, 0.2) is 79.1 Å². The summed E-state index contributed by atoms with van der Waals surface area (Å²) in [6.45, 7) is 1.87. The first-order valence-corrected chi connectivity index (χ1v) is 10.2. The van der Waals surface area contributed by atoms with Crippen molar-refractivity contribution < 1.29 is 4.79 Å². The molecular formula is C25H20N6O. The van der Waals surface area contributed by atoms with Gasteiger partial charge in [0, 0.05) is 30.6 Å². The summed E-state index contributed by atoms with van der Waals surface area (Å²) in [7, 11) is 1.82. The SMILES string of the molecule is Cc1nn(C)c2nc(-c3ccccc3)cc(C(=O)Nc3ncc(-c4ccccc4)cn3)c12. The van der Waals surface area contributed by atoms with Gasteiger partial charge in [0.1, 0.15) is 0 Å². The van der Waals surface area contributed by atoms with E-state index in [0.717, 1.165) is 22.4 Å². The maximum Gasteiger partial charge on any atom is 0.258 e. The number of aryl methyl sites for hydroxylation is 2. The fraction of sp³-hybridized carbons (Fsp3) is 0.0800. The highest BCUT2D eigenvalue weighted by Gasteiger charge is 2.20. The molecule has 7 heteroatoms. The van der Waals surface area contributed by atoms with Crippen LogP contribution in [0.5, 0.6) is 0 Å². The molecule has 156 valence electrons. The van der Waals surface area contributed by atoms with E-state index < -0.39 is 0 Å². The van der Waals surface area contributed by atoms with E-state index in [0.29, 0.717) is 22.3 Å². The zero-order valence-electron chi connectivity index (χ0n) is 17.6. The Balaban J connectivity index is 1.51. The van der Waals surface area contributed by atoms with Gasteiger partial charge >= 0.3 is 0 Å². The lowest BCUT2D eigenvalue weighted by molar-refractivity contribution is 0.102. The topological polar surface area (TPSA) is 85.6 Å². The Morgan fingerprint density at radius 3 is 2.16 bits per heavy atom. The van der Waals surface area contributed by atoms with E-state index in [2.05, 4.69) is 20.4 Å². The highest BCUT2D eigenvalue weighted by atomic mass is 16.1. The van der Waals surface area contributed by atoms with Crippen LogP contribution in [0.2, 0.25) is 0 Å². The summed E-state index contributed by atoms with van der Waals surface area (Å²) in [6, 6.07) is 21.4. The second-order valence-corrected chi connectivity index (χ2v) is 7.44. The Hall–Kier alpha value is -4.39. The predicted molar refractivity (Wildman–Crippen MR) is 124 cm³/mol. The van der Waals surface area contributed by atoms with E-state index in [1.165, 1.54) is 0 Å². The molecule has 0 aliphatic rings. The highest BCUT2D eigenvalue weighted by Crippen LogP contribution is 2.27. The first kappa shape index (κ1) is 19.6. The third-order valence-corrected chi connectivity index (χ3v) is 5.27. The molecule has 0 unspecified atom stereocenters. The van der Waals surface area contributed by atoms with Gasteiger partial charge in [0.15, 0.2) is 5.65 Å². The van der Waals surface area contributed by atoms with Crippen LogP contribution >= 0.6 is 0 Å². The van der Waals surface area contributed by atoms with Crippen molar-refractivity contribution in [2.45, 2.75) is 6.92 Å². The number of hydrogen-bond acceptors (Lipinski definition) is 5. The molecule has 0 radical (unpaired) electrons. The Morgan fingerprint density at radius 2 is 1.50 bits per heavy atom. The van der Waals surface area contributed by atoms with Crippen LogP contribution < -0.4 is 5.32 Å². The molecule has 5 rings (SSSR count). The van der Waals surface area contributed by atoms with E-state index in [-0.39, 0.29) is 11.9 Å². The zero-order chi connectivity index (χ0) is 22.1. The maximum absolute atomic E-state index is 13.3. The molecule has 1 N–H and O–H groups in total. The van der Waals surface area contributed by atoms with Crippen molar-refractivity contribution >= 4 is 22.9 Å². The van der Waals surface area contributed by atoms with Crippen LogP contribution in [0, 0.1) is 6.92 Å². The molecule has 3 heterocycles. The maximum atomic E-state index is 13.3. The van der Waals surface area contributed by atoms with Gasteiger partial charge in [-0.25, -0.2) is 15.0 Å². The number of benzene rings is 2. The first-order valence-electron chi connectivity index (χ1n) is 10.2. The van der Waals surface area contributed by atoms with Crippen molar-refractivity contribution in [2.24, 2.45) is 7.05 Å². The number of carbonyl (C=O) groups is 1. The molecule has 0 aliphatic carbocycles. The van der Waals surface area contributed by atoms with Crippen LogP contribution in [-0.4, -0.2) is 30.6 Å². The number of aromatic nitrogens is 5. The van der Waals surface area contributed by atoms with Gasteiger partial charge in [-0.1, -0.05) is 60.7 Å². The predicted octanol–water partition coefficient (Wildman–Crippen LogP) is 4.65. The second-order valence-electron chi connectivity index (χ2n) is 7.44. The molecule has 0 bridgehead atoms. The molecule has 0 saturated heterocycles. The monoisotopic (exact) mass is 420 g/mol. The van der Waals surface area contributed by atoms with Crippen LogP contribution in [0.3, 0.4) is 0 Å². The van der Waals surface area contributed by atoms with Crippen LogP contribution in [-0.2, 0) is 7.05 Å². The largest absolute Gasteiger partial charge is 0.290 e. The highest BCUT2D eigenvalue weighted by molar-refractivity contribution is 6.12. The summed E-state index contributed by atoms with van der Waals surface area (Å²) in [4.78, 5) is 26.7. The number of nitrogens with zero attached hydrogens (tertiary/aromatic N) is 5. The van der Waals surface area contributed by atoms with E-state index in [4.69, 9.17) is 4.98 Å². The van der Waals surface area contributed by atoms with Gasteiger partial charge in [0.2, 0.25) is 5.95 Å². The summed E-state index contributed by atoms with van der Waals surface area (Å²) in [5, 5.41) is 7.99. The summed E-state index contributed by atoms with van der Waals surface area (Å²) in [6.07, 6.45) is 3.40. The fourth-order valence-electron chi connectivity index (χ4n) is 3.72. The summed E-state index contributed by atoms with van der Waals surface area (Å²) >= 11 is 0. The number of nitrogens with one attached hydrogen (secondary N) is 1. The molecule has 0 spiro atoms. The molecule has 5 aromatic rings. The number of anilines is 1. The molecule has 7 nitrogen and oxygen atoms in total. The Bertz CT molecular complexity index is 1410. The van der Waals surface area contributed by atoms with E-state index in [1.54, 1.807) is 23.1 Å². The van der Waals surface area contributed by atoms with Crippen molar-refractivity contribution in [1.82, 2.24) is 24.7 Å². The quantitative estimate of drug-likeness (QED) is 0.457. The van der Waals surface area contributed by atoms with Gasteiger partial charge in [-0.05, 0) is 18.6 Å². The van der Waals surface area contributed by atoms with Crippen LogP contribution in [0.1, 0.15) is 16.1 Å². The van der Waals surface area contributed by atoms with Gasteiger partial charge in [-0.15, -0.1) is 0 Å². The van der Waals surface area contributed by atoms with Gasteiger partial charge in [-0.3, -0.25) is 14.8 Å². The summed E-state index contributed by atoms with van der Waals surface area (Å²) in [5.41, 5.74) is 5.38. The molecule has 1 amide bonds. The van der Waals surface area contributed by atoms with E-state index in [9.17, 15) is 4.79 Å².